The van der Waals surface area contributed by atoms with Crippen LogP contribution in [0.2, 0.25) is 0 Å². The zero-order valence-corrected chi connectivity index (χ0v) is 8.89. The monoisotopic (exact) mass is 182 g/mol. The van der Waals surface area contributed by atoms with Gasteiger partial charge in [-0.15, -0.1) is 0 Å². The molecule has 0 aromatic heterocycles. The van der Waals surface area contributed by atoms with E-state index in [1.54, 1.807) is 13.0 Å². The van der Waals surface area contributed by atoms with E-state index >= 15 is 0 Å². The smallest absolute Gasteiger partial charge is 0.333 e. The molecular weight excluding hydrogens is 164 g/mol. The number of rotatable bonds is 4. The van der Waals surface area contributed by atoms with Crippen LogP contribution in [-0.4, -0.2) is 12.6 Å². The summed E-state index contributed by atoms with van der Waals surface area (Å²) in [6.07, 6.45) is 4.68. The summed E-state index contributed by atoms with van der Waals surface area (Å²) in [7, 11) is 0. The van der Waals surface area contributed by atoms with Crippen LogP contribution in [0.3, 0.4) is 0 Å². The van der Waals surface area contributed by atoms with Crippen molar-refractivity contribution in [3.63, 3.8) is 0 Å². The summed E-state index contributed by atoms with van der Waals surface area (Å²) in [6, 6.07) is 0. The van der Waals surface area contributed by atoms with Crippen molar-refractivity contribution in [1.29, 1.82) is 0 Å². The van der Waals surface area contributed by atoms with Gasteiger partial charge in [0.1, 0.15) is 6.61 Å². The average molecular weight is 182 g/mol. The van der Waals surface area contributed by atoms with E-state index in [1.807, 2.05) is 19.9 Å². The van der Waals surface area contributed by atoms with E-state index in [4.69, 9.17) is 4.74 Å². The lowest BCUT2D eigenvalue weighted by Crippen LogP contribution is -2.05. The van der Waals surface area contributed by atoms with Crippen LogP contribution in [0, 0.1) is 0 Å². The summed E-state index contributed by atoms with van der Waals surface area (Å²) in [4.78, 5) is 11.1. The third-order valence-electron chi connectivity index (χ3n) is 1.96. The molecule has 0 amide bonds. The van der Waals surface area contributed by atoms with Crippen molar-refractivity contribution in [3.8, 4) is 0 Å². The molecule has 0 aliphatic heterocycles. The van der Waals surface area contributed by atoms with Gasteiger partial charge in [0.05, 0.1) is 0 Å². The molecule has 0 bridgehead atoms. The van der Waals surface area contributed by atoms with Gasteiger partial charge in [0, 0.05) is 5.57 Å². The van der Waals surface area contributed by atoms with E-state index in [0.29, 0.717) is 12.2 Å². The zero-order chi connectivity index (χ0) is 10.3. The second-order valence-electron chi connectivity index (χ2n) is 2.97. The minimum Gasteiger partial charge on any atom is -0.458 e. The van der Waals surface area contributed by atoms with Gasteiger partial charge in [0.25, 0.3) is 0 Å². The Morgan fingerprint density at radius 2 is 2.00 bits per heavy atom. The fraction of sp³-hybridized carbons (Fsp3) is 0.545. The van der Waals surface area contributed by atoms with Crippen LogP contribution in [0.25, 0.3) is 0 Å². The maximum atomic E-state index is 11.1. The second kappa shape index (κ2) is 6.46. The molecule has 2 nitrogen and oxygen atoms in total. The highest BCUT2D eigenvalue weighted by Crippen LogP contribution is 1.99. The molecule has 0 unspecified atom stereocenters. The van der Waals surface area contributed by atoms with Crippen LogP contribution < -0.4 is 0 Å². The standard InChI is InChI=1S/C11H18O2/c1-5-9(3)7-8-13-11(12)10(4)6-2/h6-7H,5,8H2,1-4H3. The largest absolute Gasteiger partial charge is 0.458 e. The van der Waals surface area contributed by atoms with Crippen LogP contribution in [0.5, 0.6) is 0 Å². The van der Waals surface area contributed by atoms with E-state index in [1.165, 1.54) is 5.57 Å². The topological polar surface area (TPSA) is 26.3 Å². The first-order valence-corrected chi connectivity index (χ1v) is 4.57. The van der Waals surface area contributed by atoms with Gasteiger partial charge in [-0.2, -0.15) is 0 Å². The third-order valence-corrected chi connectivity index (χ3v) is 1.96. The lowest BCUT2D eigenvalue weighted by atomic mass is 10.2. The predicted molar refractivity (Wildman–Crippen MR) is 54.4 cm³/mol. The summed E-state index contributed by atoms with van der Waals surface area (Å²) >= 11 is 0. The lowest BCUT2D eigenvalue weighted by molar-refractivity contribution is -0.137. The number of ether oxygens (including phenoxy) is 1. The molecule has 74 valence electrons. The summed E-state index contributed by atoms with van der Waals surface area (Å²) in [6.45, 7) is 8.05. The van der Waals surface area contributed by atoms with Crippen LogP contribution in [0.4, 0.5) is 0 Å². The first kappa shape index (κ1) is 11.9. The normalized spacial score (nSPS) is 12.9. The highest BCUT2D eigenvalue weighted by molar-refractivity contribution is 5.87. The molecule has 0 radical (unpaired) electrons. The van der Waals surface area contributed by atoms with Crippen molar-refractivity contribution < 1.29 is 9.53 Å². The Kier molecular flexibility index (Phi) is 5.94. The molecule has 0 aliphatic rings. The Morgan fingerprint density at radius 1 is 1.38 bits per heavy atom. The predicted octanol–water partition coefficient (Wildman–Crippen LogP) is 2.85. The zero-order valence-electron chi connectivity index (χ0n) is 8.89. The van der Waals surface area contributed by atoms with Gasteiger partial charge in [-0.3, -0.25) is 0 Å². The molecule has 0 aliphatic carbocycles. The Bertz CT molecular complexity index is 224. The van der Waals surface area contributed by atoms with E-state index in [0.717, 1.165) is 6.42 Å². The third kappa shape index (κ3) is 5.23. The highest BCUT2D eigenvalue weighted by Gasteiger charge is 2.01. The van der Waals surface area contributed by atoms with Gasteiger partial charge in [-0.05, 0) is 33.3 Å². The summed E-state index contributed by atoms with van der Waals surface area (Å²) in [5.74, 6) is -0.234. The molecule has 0 saturated heterocycles. The summed E-state index contributed by atoms with van der Waals surface area (Å²) in [5.41, 5.74) is 1.90. The number of carbonyl (C=O) groups is 1. The molecule has 0 saturated carbocycles. The molecule has 0 rings (SSSR count). The van der Waals surface area contributed by atoms with E-state index in [9.17, 15) is 4.79 Å². The number of carbonyl (C=O) groups excluding carboxylic acids is 1. The van der Waals surface area contributed by atoms with Crippen molar-refractivity contribution in [2.45, 2.75) is 34.1 Å². The summed E-state index contributed by atoms with van der Waals surface area (Å²) < 4.78 is 4.98. The first-order chi connectivity index (χ1) is 6.11. The molecule has 2 heteroatoms. The maximum Gasteiger partial charge on any atom is 0.333 e. The SMILES string of the molecule is CC=C(C)C(=O)OCC=C(C)CC. The van der Waals surface area contributed by atoms with Gasteiger partial charge in [-0.25, -0.2) is 4.79 Å². The molecule has 13 heavy (non-hydrogen) atoms. The quantitative estimate of drug-likeness (QED) is 0.379. The van der Waals surface area contributed by atoms with E-state index in [-0.39, 0.29) is 5.97 Å². The molecular formula is C11H18O2. The van der Waals surface area contributed by atoms with Gasteiger partial charge in [-0.1, -0.05) is 18.6 Å². The van der Waals surface area contributed by atoms with Crippen LogP contribution in [0.15, 0.2) is 23.3 Å². The minimum atomic E-state index is -0.234. The molecule has 0 aromatic rings. The molecule has 0 fully saturated rings. The molecule has 0 N–H and O–H groups in total. The second-order valence-corrected chi connectivity index (χ2v) is 2.97. The minimum absolute atomic E-state index is 0.234. The van der Waals surface area contributed by atoms with Crippen LogP contribution >= 0.6 is 0 Å². The van der Waals surface area contributed by atoms with Gasteiger partial charge < -0.3 is 4.74 Å². The maximum absolute atomic E-state index is 11.1. The first-order valence-electron chi connectivity index (χ1n) is 4.57. The van der Waals surface area contributed by atoms with Crippen molar-refractivity contribution in [2.24, 2.45) is 0 Å². The van der Waals surface area contributed by atoms with Gasteiger partial charge in [0.2, 0.25) is 0 Å². The Hall–Kier alpha value is -1.05. The fourth-order valence-electron chi connectivity index (χ4n) is 0.636. The van der Waals surface area contributed by atoms with Crippen molar-refractivity contribution in [3.05, 3.63) is 23.3 Å². The highest BCUT2D eigenvalue weighted by atomic mass is 16.5. The number of hydrogen-bond donors (Lipinski definition) is 0. The average Bonchev–Trinajstić information content (AvgIpc) is 2.15. The van der Waals surface area contributed by atoms with Crippen LogP contribution in [0.1, 0.15) is 34.1 Å². The van der Waals surface area contributed by atoms with E-state index < -0.39 is 0 Å². The Labute approximate surface area is 80.3 Å². The van der Waals surface area contributed by atoms with Gasteiger partial charge in [0.15, 0.2) is 0 Å². The van der Waals surface area contributed by atoms with Crippen molar-refractivity contribution in [2.75, 3.05) is 6.61 Å². The Balaban J connectivity index is 3.85. The number of allylic oxidation sites excluding steroid dienone is 2. The van der Waals surface area contributed by atoms with E-state index in [2.05, 4.69) is 6.92 Å². The summed E-state index contributed by atoms with van der Waals surface area (Å²) in [5, 5.41) is 0. The van der Waals surface area contributed by atoms with Gasteiger partial charge >= 0.3 is 5.97 Å². The lowest BCUT2D eigenvalue weighted by Gasteiger charge is -2.01. The molecule has 0 spiro atoms. The Morgan fingerprint density at radius 3 is 2.46 bits per heavy atom. The molecule has 0 atom stereocenters. The van der Waals surface area contributed by atoms with Crippen molar-refractivity contribution >= 4 is 5.97 Å². The van der Waals surface area contributed by atoms with Crippen LogP contribution in [-0.2, 0) is 9.53 Å². The number of hydrogen-bond acceptors (Lipinski definition) is 2. The van der Waals surface area contributed by atoms with Crippen molar-refractivity contribution in [1.82, 2.24) is 0 Å². The fourth-order valence-corrected chi connectivity index (χ4v) is 0.636. The molecule has 0 heterocycles. The molecule has 0 aromatic carbocycles. The number of esters is 1.